The smallest absolute Gasteiger partial charge is 0.325 e. The number of rotatable bonds is 2. The number of carbonyl (C=O) groups excluding carboxylic acids is 1. The number of hydrogen-bond acceptors (Lipinski definition) is 3. The summed E-state index contributed by atoms with van der Waals surface area (Å²) < 4.78 is 4.70. The molecule has 0 aromatic rings. The average molecular weight is 222 g/mol. The van der Waals surface area contributed by atoms with Gasteiger partial charge >= 0.3 is 5.97 Å². The molecule has 0 spiro atoms. The van der Waals surface area contributed by atoms with E-state index in [2.05, 4.69) is 6.92 Å². The number of carbonyl (C=O) groups is 1. The SMILES string of the molecule is CC[C@H]1CC[C@](N)(C(=O)OC)CC1.Cl. The van der Waals surface area contributed by atoms with Crippen molar-refractivity contribution in [2.75, 3.05) is 7.11 Å². The fraction of sp³-hybridized carbons (Fsp3) is 0.900. The molecule has 3 nitrogen and oxygen atoms in total. The molecule has 0 saturated heterocycles. The summed E-state index contributed by atoms with van der Waals surface area (Å²) in [5.41, 5.74) is 5.26. The monoisotopic (exact) mass is 221 g/mol. The Morgan fingerprint density at radius 2 is 2.00 bits per heavy atom. The van der Waals surface area contributed by atoms with E-state index < -0.39 is 5.54 Å². The van der Waals surface area contributed by atoms with Gasteiger partial charge in [0.25, 0.3) is 0 Å². The highest BCUT2D eigenvalue weighted by Gasteiger charge is 2.38. The Balaban J connectivity index is 0.00000169. The van der Waals surface area contributed by atoms with Crippen molar-refractivity contribution in [1.29, 1.82) is 0 Å². The third kappa shape index (κ3) is 2.85. The molecule has 0 heterocycles. The van der Waals surface area contributed by atoms with Crippen LogP contribution < -0.4 is 5.73 Å². The Hall–Kier alpha value is -0.280. The van der Waals surface area contributed by atoms with Crippen LogP contribution in [0, 0.1) is 5.92 Å². The van der Waals surface area contributed by atoms with Crippen molar-refractivity contribution in [3.63, 3.8) is 0 Å². The minimum Gasteiger partial charge on any atom is -0.468 e. The second kappa shape index (κ2) is 5.56. The van der Waals surface area contributed by atoms with Crippen molar-refractivity contribution >= 4 is 18.4 Å². The topological polar surface area (TPSA) is 52.3 Å². The van der Waals surface area contributed by atoms with Gasteiger partial charge in [-0.1, -0.05) is 13.3 Å². The van der Waals surface area contributed by atoms with Crippen LogP contribution in [0.4, 0.5) is 0 Å². The summed E-state index contributed by atoms with van der Waals surface area (Å²) in [6.07, 6.45) is 4.86. The molecule has 1 saturated carbocycles. The molecule has 0 unspecified atom stereocenters. The first kappa shape index (κ1) is 13.7. The van der Waals surface area contributed by atoms with Crippen LogP contribution in [-0.2, 0) is 9.53 Å². The number of ether oxygens (including phenoxy) is 1. The molecule has 0 atom stereocenters. The Bertz CT molecular complexity index is 189. The summed E-state index contributed by atoms with van der Waals surface area (Å²) in [4.78, 5) is 11.3. The summed E-state index contributed by atoms with van der Waals surface area (Å²) in [7, 11) is 1.41. The molecular weight excluding hydrogens is 202 g/mol. The zero-order valence-corrected chi connectivity index (χ0v) is 9.73. The molecule has 1 rings (SSSR count). The third-order valence-electron chi connectivity index (χ3n) is 3.17. The molecule has 2 N–H and O–H groups in total. The van der Waals surface area contributed by atoms with E-state index >= 15 is 0 Å². The minimum atomic E-state index is -0.694. The molecule has 0 bridgehead atoms. The molecular formula is C10H20ClNO2. The molecule has 0 aromatic heterocycles. The summed E-state index contributed by atoms with van der Waals surface area (Å²) >= 11 is 0. The summed E-state index contributed by atoms with van der Waals surface area (Å²) in [6, 6.07) is 0. The van der Waals surface area contributed by atoms with Gasteiger partial charge < -0.3 is 10.5 Å². The molecule has 0 amide bonds. The second-order valence-corrected chi connectivity index (χ2v) is 4.00. The zero-order chi connectivity index (χ0) is 9.90. The fourth-order valence-corrected chi connectivity index (χ4v) is 2.01. The minimum absolute atomic E-state index is 0. The van der Waals surface area contributed by atoms with Crippen molar-refractivity contribution in [2.45, 2.75) is 44.6 Å². The molecule has 14 heavy (non-hydrogen) atoms. The molecule has 0 radical (unpaired) electrons. The molecule has 1 fully saturated rings. The molecule has 0 aliphatic heterocycles. The maximum Gasteiger partial charge on any atom is 0.325 e. The highest BCUT2D eigenvalue weighted by atomic mass is 35.5. The largest absolute Gasteiger partial charge is 0.468 e. The molecule has 4 heteroatoms. The van der Waals surface area contributed by atoms with Crippen LogP contribution in [0.2, 0.25) is 0 Å². The fourth-order valence-electron chi connectivity index (χ4n) is 2.01. The van der Waals surface area contributed by atoms with Gasteiger partial charge in [0.05, 0.1) is 7.11 Å². The summed E-state index contributed by atoms with van der Waals surface area (Å²) in [5.74, 6) is 0.503. The van der Waals surface area contributed by atoms with Crippen LogP contribution in [0.25, 0.3) is 0 Å². The van der Waals surface area contributed by atoms with Gasteiger partial charge in [-0.05, 0) is 31.6 Å². The third-order valence-corrected chi connectivity index (χ3v) is 3.17. The van der Waals surface area contributed by atoms with Crippen LogP contribution in [-0.4, -0.2) is 18.6 Å². The maximum atomic E-state index is 11.3. The van der Waals surface area contributed by atoms with Crippen molar-refractivity contribution < 1.29 is 9.53 Å². The van der Waals surface area contributed by atoms with Crippen LogP contribution in [0.3, 0.4) is 0 Å². The number of methoxy groups -OCH3 is 1. The second-order valence-electron chi connectivity index (χ2n) is 4.00. The van der Waals surface area contributed by atoms with Gasteiger partial charge in [-0.2, -0.15) is 0 Å². The van der Waals surface area contributed by atoms with E-state index in [0.29, 0.717) is 0 Å². The molecule has 0 aromatic carbocycles. The number of nitrogens with two attached hydrogens (primary N) is 1. The maximum absolute atomic E-state index is 11.3. The Kier molecular flexibility index (Phi) is 5.45. The normalized spacial score (nSPS) is 31.8. The van der Waals surface area contributed by atoms with Crippen molar-refractivity contribution in [1.82, 2.24) is 0 Å². The predicted octanol–water partition coefficient (Wildman–Crippen LogP) is 1.88. The van der Waals surface area contributed by atoms with E-state index in [1.54, 1.807) is 0 Å². The van der Waals surface area contributed by atoms with Crippen LogP contribution >= 0.6 is 12.4 Å². The molecule has 1 aliphatic rings. The van der Waals surface area contributed by atoms with Gasteiger partial charge in [0.2, 0.25) is 0 Å². The lowest BCUT2D eigenvalue weighted by Gasteiger charge is -2.34. The van der Waals surface area contributed by atoms with E-state index in [9.17, 15) is 4.79 Å². The van der Waals surface area contributed by atoms with Gasteiger partial charge in [-0.3, -0.25) is 4.79 Å². The van der Waals surface area contributed by atoms with Crippen molar-refractivity contribution in [2.24, 2.45) is 11.7 Å². The van der Waals surface area contributed by atoms with Gasteiger partial charge in [0.15, 0.2) is 0 Å². The van der Waals surface area contributed by atoms with Gasteiger partial charge in [0, 0.05) is 0 Å². The lowest BCUT2D eigenvalue weighted by molar-refractivity contribution is -0.148. The van der Waals surface area contributed by atoms with E-state index in [-0.39, 0.29) is 18.4 Å². The predicted molar refractivity (Wildman–Crippen MR) is 58.4 cm³/mol. The number of esters is 1. The van der Waals surface area contributed by atoms with E-state index in [0.717, 1.165) is 31.6 Å². The standard InChI is InChI=1S/C10H19NO2.ClH/c1-3-8-4-6-10(11,7-5-8)9(12)13-2;/h8H,3-7,11H2,1-2H3;1H/t8-,10+;. The van der Waals surface area contributed by atoms with Crippen molar-refractivity contribution in [3.05, 3.63) is 0 Å². The number of hydrogen-bond donors (Lipinski definition) is 1. The Morgan fingerprint density at radius 1 is 1.50 bits per heavy atom. The van der Waals surface area contributed by atoms with E-state index in [1.807, 2.05) is 0 Å². The van der Waals surface area contributed by atoms with Gasteiger partial charge in [-0.25, -0.2) is 0 Å². The first-order valence-corrected chi connectivity index (χ1v) is 4.99. The van der Waals surface area contributed by atoms with E-state index in [1.165, 1.54) is 13.5 Å². The van der Waals surface area contributed by atoms with Crippen molar-refractivity contribution in [3.8, 4) is 0 Å². The first-order chi connectivity index (χ1) is 6.12. The van der Waals surface area contributed by atoms with Crippen LogP contribution in [0.15, 0.2) is 0 Å². The zero-order valence-electron chi connectivity index (χ0n) is 8.91. The van der Waals surface area contributed by atoms with Crippen LogP contribution in [0.5, 0.6) is 0 Å². The summed E-state index contributed by atoms with van der Waals surface area (Å²) in [6.45, 7) is 2.19. The average Bonchev–Trinajstić information content (AvgIpc) is 2.18. The van der Waals surface area contributed by atoms with Gasteiger partial charge in [-0.15, -0.1) is 12.4 Å². The van der Waals surface area contributed by atoms with Crippen LogP contribution in [0.1, 0.15) is 39.0 Å². The Morgan fingerprint density at radius 3 is 2.36 bits per heavy atom. The quantitative estimate of drug-likeness (QED) is 0.725. The lowest BCUT2D eigenvalue weighted by Crippen LogP contribution is -2.51. The molecule has 1 aliphatic carbocycles. The Labute approximate surface area is 91.8 Å². The highest BCUT2D eigenvalue weighted by Crippen LogP contribution is 2.32. The highest BCUT2D eigenvalue weighted by molar-refractivity contribution is 5.85. The lowest BCUT2D eigenvalue weighted by atomic mass is 9.76. The first-order valence-electron chi connectivity index (χ1n) is 4.99. The van der Waals surface area contributed by atoms with Gasteiger partial charge in [0.1, 0.15) is 5.54 Å². The molecule has 84 valence electrons. The summed E-state index contributed by atoms with van der Waals surface area (Å²) in [5, 5.41) is 0. The number of halogens is 1. The van der Waals surface area contributed by atoms with E-state index in [4.69, 9.17) is 10.5 Å².